The maximum absolute atomic E-state index is 4.64. The molecule has 2 nitrogen and oxygen atoms in total. The topological polar surface area (TPSA) is 24.4 Å². The van der Waals surface area contributed by atoms with Gasteiger partial charge in [-0.2, -0.15) is 0 Å². The Morgan fingerprint density at radius 1 is 0.905 bits per heavy atom. The Morgan fingerprint density at radius 3 is 2.57 bits per heavy atom. The lowest BCUT2D eigenvalue weighted by atomic mass is 10.1. The molecule has 2 heterocycles. The summed E-state index contributed by atoms with van der Waals surface area (Å²) in [5.41, 5.74) is 7.38. The fourth-order valence-corrected chi connectivity index (χ4v) is 2.85. The predicted octanol–water partition coefficient (Wildman–Crippen LogP) is 4.42. The molecule has 1 N–H and O–H groups in total. The Labute approximate surface area is 124 Å². The van der Waals surface area contributed by atoms with Crippen LogP contribution in [0.5, 0.6) is 0 Å². The van der Waals surface area contributed by atoms with E-state index in [2.05, 4.69) is 71.0 Å². The first-order valence-corrected chi connectivity index (χ1v) is 7.26. The van der Waals surface area contributed by atoms with Gasteiger partial charge in [-0.05, 0) is 35.4 Å². The minimum absolute atomic E-state index is 0.934. The molecule has 2 aliphatic heterocycles. The minimum atomic E-state index is 0.934. The van der Waals surface area contributed by atoms with Crippen LogP contribution >= 0.6 is 0 Å². The van der Waals surface area contributed by atoms with Gasteiger partial charge in [0.1, 0.15) is 0 Å². The fourth-order valence-electron chi connectivity index (χ4n) is 2.85. The molecule has 2 aromatic rings. The molecule has 0 bridgehead atoms. The van der Waals surface area contributed by atoms with Crippen LogP contribution in [0, 0.1) is 0 Å². The molecule has 2 aliphatic rings. The molecule has 21 heavy (non-hydrogen) atoms. The number of anilines is 1. The summed E-state index contributed by atoms with van der Waals surface area (Å²) in [6, 6.07) is 16.8. The molecule has 102 valence electrons. The molecule has 0 unspecified atom stereocenters. The summed E-state index contributed by atoms with van der Waals surface area (Å²) in [7, 11) is 0. The number of hydrogen-bond donors (Lipinski definition) is 1. The van der Waals surface area contributed by atoms with Crippen molar-refractivity contribution in [1.29, 1.82) is 0 Å². The monoisotopic (exact) mass is 272 g/mol. The number of fused-ring (bicyclic) bond motifs is 2. The highest BCUT2D eigenvalue weighted by molar-refractivity contribution is 6.02. The van der Waals surface area contributed by atoms with Crippen molar-refractivity contribution in [2.75, 3.05) is 5.32 Å². The van der Waals surface area contributed by atoms with Crippen molar-refractivity contribution in [3.8, 4) is 0 Å². The second kappa shape index (κ2) is 5.06. The van der Waals surface area contributed by atoms with Gasteiger partial charge in [0.15, 0.2) is 0 Å². The molecule has 0 aromatic heterocycles. The average Bonchev–Trinajstić information content (AvgIpc) is 3.09. The minimum Gasteiger partial charge on any atom is -0.358 e. The lowest BCUT2D eigenvalue weighted by Gasteiger charge is -1.97. The van der Waals surface area contributed by atoms with Gasteiger partial charge in [-0.3, -0.25) is 4.99 Å². The summed E-state index contributed by atoms with van der Waals surface area (Å²) in [6.45, 7) is 0. The Bertz CT molecular complexity index is 755. The average molecular weight is 272 g/mol. The molecule has 0 saturated carbocycles. The lowest BCUT2D eigenvalue weighted by Crippen LogP contribution is -1.93. The molecular weight excluding hydrogens is 256 g/mol. The molecule has 0 atom stereocenters. The van der Waals surface area contributed by atoms with Crippen LogP contribution in [0.2, 0.25) is 0 Å². The maximum atomic E-state index is 4.64. The summed E-state index contributed by atoms with van der Waals surface area (Å²) in [6.07, 6.45) is 8.26. The number of allylic oxidation sites excluding steroid dienone is 4. The van der Waals surface area contributed by atoms with E-state index in [0.29, 0.717) is 0 Å². The molecule has 2 heteroatoms. The van der Waals surface area contributed by atoms with E-state index in [4.69, 9.17) is 0 Å². The molecule has 0 spiro atoms. The third-order valence-electron chi connectivity index (χ3n) is 3.91. The van der Waals surface area contributed by atoms with E-state index in [-0.39, 0.29) is 0 Å². The second-order valence-electron chi connectivity index (χ2n) is 5.42. The zero-order valence-corrected chi connectivity index (χ0v) is 11.7. The van der Waals surface area contributed by atoms with Crippen LogP contribution < -0.4 is 5.32 Å². The van der Waals surface area contributed by atoms with Crippen LogP contribution in [0.1, 0.15) is 11.1 Å². The van der Waals surface area contributed by atoms with Gasteiger partial charge in [-0.15, -0.1) is 0 Å². The SMILES string of the molecule is C(=CC1=Nc2ccccc2C1)C=C1Cc2ccccc2N1. The Hall–Kier alpha value is -2.61. The summed E-state index contributed by atoms with van der Waals surface area (Å²) < 4.78 is 0. The molecular formula is C19H16N2. The maximum Gasteiger partial charge on any atom is 0.0669 e. The van der Waals surface area contributed by atoms with Gasteiger partial charge in [-0.25, -0.2) is 0 Å². The standard InChI is InChI=1S/C19H16N2/c1-3-10-18-14(6-1)12-16(20-18)8-5-9-17-13-15-7-2-4-11-19(15)21-17/h1-11,20H,12-13H2. The van der Waals surface area contributed by atoms with Gasteiger partial charge in [-0.1, -0.05) is 42.5 Å². The summed E-state index contributed by atoms with van der Waals surface area (Å²) in [5.74, 6) is 0. The molecule has 0 saturated heterocycles. The van der Waals surface area contributed by atoms with Gasteiger partial charge in [0, 0.05) is 29.9 Å². The van der Waals surface area contributed by atoms with E-state index in [1.807, 2.05) is 6.07 Å². The molecule has 0 fully saturated rings. The first-order chi connectivity index (χ1) is 10.4. The Kier molecular flexibility index (Phi) is 2.93. The van der Waals surface area contributed by atoms with Gasteiger partial charge < -0.3 is 5.32 Å². The quantitative estimate of drug-likeness (QED) is 0.859. The normalized spacial score (nSPS) is 17.7. The first kappa shape index (κ1) is 12.2. The van der Waals surface area contributed by atoms with E-state index in [1.165, 1.54) is 22.5 Å². The number of rotatable bonds is 2. The van der Waals surface area contributed by atoms with Crippen molar-refractivity contribution < 1.29 is 0 Å². The molecule has 4 rings (SSSR count). The zero-order valence-electron chi connectivity index (χ0n) is 11.7. The Balaban J connectivity index is 1.46. The van der Waals surface area contributed by atoms with Crippen molar-refractivity contribution in [2.45, 2.75) is 12.8 Å². The highest BCUT2D eigenvalue weighted by Gasteiger charge is 2.13. The predicted molar refractivity (Wildman–Crippen MR) is 88.2 cm³/mol. The number of nitrogens with one attached hydrogen (secondary N) is 1. The van der Waals surface area contributed by atoms with E-state index in [9.17, 15) is 0 Å². The van der Waals surface area contributed by atoms with Gasteiger partial charge in [0.25, 0.3) is 0 Å². The van der Waals surface area contributed by atoms with Crippen LogP contribution in [0.3, 0.4) is 0 Å². The third kappa shape index (κ3) is 2.40. The zero-order chi connectivity index (χ0) is 14.1. The highest BCUT2D eigenvalue weighted by atomic mass is 14.9. The second-order valence-corrected chi connectivity index (χ2v) is 5.42. The van der Waals surface area contributed by atoms with E-state index in [0.717, 1.165) is 24.2 Å². The molecule has 2 aromatic carbocycles. The summed E-state index contributed by atoms with van der Waals surface area (Å²) >= 11 is 0. The van der Waals surface area contributed by atoms with Crippen LogP contribution in [0.4, 0.5) is 11.4 Å². The Morgan fingerprint density at radius 2 is 1.71 bits per heavy atom. The van der Waals surface area contributed by atoms with Gasteiger partial charge in [0.05, 0.1) is 5.69 Å². The van der Waals surface area contributed by atoms with E-state index < -0.39 is 0 Å². The van der Waals surface area contributed by atoms with E-state index >= 15 is 0 Å². The molecule has 0 radical (unpaired) electrons. The van der Waals surface area contributed by atoms with Crippen molar-refractivity contribution in [1.82, 2.24) is 0 Å². The van der Waals surface area contributed by atoms with E-state index in [1.54, 1.807) is 0 Å². The number of nitrogens with zero attached hydrogens (tertiary/aromatic N) is 1. The largest absolute Gasteiger partial charge is 0.358 e. The van der Waals surface area contributed by atoms with Crippen molar-refractivity contribution in [2.24, 2.45) is 4.99 Å². The number of aliphatic imine (C=N–C) groups is 1. The lowest BCUT2D eigenvalue weighted by molar-refractivity contribution is 1.25. The molecule has 0 aliphatic carbocycles. The number of benzene rings is 2. The van der Waals surface area contributed by atoms with Crippen molar-refractivity contribution in [3.05, 3.63) is 83.6 Å². The van der Waals surface area contributed by atoms with Crippen LogP contribution in [-0.4, -0.2) is 5.71 Å². The molecule has 0 amide bonds. The highest BCUT2D eigenvalue weighted by Crippen LogP contribution is 2.28. The summed E-state index contributed by atoms with van der Waals surface area (Å²) in [5, 5.41) is 3.45. The van der Waals surface area contributed by atoms with Crippen LogP contribution in [-0.2, 0) is 12.8 Å². The summed E-state index contributed by atoms with van der Waals surface area (Å²) in [4.78, 5) is 4.64. The van der Waals surface area contributed by atoms with Crippen molar-refractivity contribution in [3.63, 3.8) is 0 Å². The van der Waals surface area contributed by atoms with Gasteiger partial charge >= 0.3 is 0 Å². The number of para-hydroxylation sites is 2. The fraction of sp³-hybridized carbons (Fsp3) is 0.105. The third-order valence-corrected chi connectivity index (χ3v) is 3.91. The number of hydrogen-bond acceptors (Lipinski definition) is 2. The first-order valence-electron chi connectivity index (χ1n) is 7.26. The smallest absolute Gasteiger partial charge is 0.0669 e. The van der Waals surface area contributed by atoms with Crippen LogP contribution in [0.15, 0.2) is 77.4 Å². The van der Waals surface area contributed by atoms with Crippen molar-refractivity contribution >= 4 is 17.1 Å². The van der Waals surface area contributed by atoms with Crippen LogP contribution in [0.25, 0.3) is 0 Å². The van der Waals surface area contributed by atoms with Gasteiger partial charge in [0.2, 0.25) is 0 Å².